The van der Waals surface area contributed by atoms with Crippen LogP contribution in [0.1, 0.15) is 63.9 Å². The molecule has 1 rings (SSSR count). The van der Waals surface area contributed by atoms with Gasteiger partial charge in [-0.25, -0.2) is 5.43 Å². The van der Waals surface area contributed by atoms with Crippen LogP contribution in [0.15, 0.2) is 23.3 Å². The highest BCUT2D eigenvalue weighted by Gasteiger charge is 2.07. The van der Waals surface area contributed by atoms with Crippen LogP contribution < -0.4 is 14.9 Å². The fourth-order valence-corrected chi connectivity index (χ4v) is 2.49. The molecule has 5 heteroatoms. The van der Waals surface area contributed by atoms with Crippen LogP contribution in [0.3, 0.4) is 0 Å². The molecule has 1 aromatic rings. The smallest absolute Gasteiger partial charge is 0.240 e. The van der Waals surface area contributed by atoms with E-state index < -0.39 is 0 Å². The Bertz CT molecular complexity index is 515. The summed E-state index contributed by atoms with van der Waals surface area (Å²) >= 11 is 0. The van der Waals surface area contributed by atoms with Gasteiger partial charge in [0, 0.05) is 12.0 Å². The molecule has 0 aliphatic rings. The van der Waals surface area contributed by atoms with E-state index in [1.807, 2.05) is 18.2 Å². The summed E-state index contributed by atoms with van der Waals surface area (Å²) in [4.78, 5) is 11.8. The Kier molecular flexibility index (Phi) is 10.3. The highest BCUT2D eigenvalue weighted by molar-refractivity contribution is 5.86. The van der Waals surface area contributed by atoms with Crippen molar-refractivity contribution in [3.05, 3.63) is 23.8 Å². The molecule has 0 fully saturated rings. The minimum absolute atomic E-state index is 0.0540. The predicted molar refractivity (Wildman–Crippen MR) is 97.9 cm³/mol. The first kappa shape index (κ1) is 20.0. The van der Waals surface area contributed by atoms with Gasteiger partial charge < -0.3 is 9.47 Å². The standard InChI is InChI=1S/C19H30N2O3/c1-4-5-6-7-8-9-10-14-18(22)21-20-15-16-12-11-13-17(23-2)19(16)24-3/h11-13,15H,4-10,14H2,1-3H3,(H,21,22)/b20-15+. The number of rotatable bonds is 12. The van der Waals surface area contributed by atoms with Gasteiger partial charge in [-0.15, -0.1) is 0 Å². The van der Waals surface area contributed by atoms with Gasteiger partial charge in [-0.1, -0.05) is 51.5 Å². The number of carbonyl (C=O) groups excluding carboxylic acids is 1. The maximum Gasteiger partial charge on any atom is 0.240 e. The van der Waals surface area contributed by atoms with Crippen LogP contribution in [-0.4, -0.2) is 26.3 Å². The molecule has 0 aliphatic carbocycles. The second kappa shape index (κ2) is 12.4. The van der Waals surface area contributed by atoms with Crippen LogP contribution in [-0.2, 0) is 4.79 Å². The third kappa shape index (κ3) is 7.49. The van der Waals surface area contributed by atoms with E-state index in [1.165, 1.54) is 32.1 Å². The summed E-state index contributed by atoms with van der Waals surface area (Å²) in [6.45, 7) is 2.21. The molecule has 0 saturated heterocycles. The van der Waals surface area contributed by atoms with Gasteiger partial charge in [0.2, 0.25) is 5.91 Å². The van der Waals surface area contributed by atoms with Gasteiger partial charge in [0.25, 0.3) is 0 Å². The van der Waals surface area contributed by atoms with Gasteiger partial charge in [-0.3, -0.25) is 4.79 Å². The van der Waals surface area contributed by atoms with Gasteiger partial charge in [-0.05, 0) is 18.6 Å². The highest BCUT2D eigenvalue weighted by atomic mass is 16.5. The molecule has 0 atom stereocenters. The zero-order chi connectivity index (χ0) is 17.6. The van der Waals surface area contributed by atoms with E-state index >= 15 is 0 Å². The monoisotopic (exact) mass is 334 g/mol. The third-order valence-corrected chi connectivity index (χ3v) is 3.83. The molecule has 24 heavy (non-hydrogen) atoms. The number of nitrogens with one attached hydrogen (secondary N) is 1. The molecule has 0 saturated carbocycles. The lowest BCUT2D eigenvalue weighted by atomic mass is 10.1. The van der Waals surface area contributed by atoms with Crippen LogP contribution in [0.25, 0.3) is 0 Å². The minimum Gasteiger partial charge on any atom is -0.493 e. The molecule has 0 aliphatic heterocycles. The first-order chi connectivity index (χ1) is 11.7. The molecule has 0 bridgehead atoms. The normalized spacial score (nSPS) is 10.8. The number of methoxy groups -OCH3 is 2. The zero-order valence-electron chi connectivity index (χ0n) is 15.1. The number of benzene rings is 1. The summed E-state index contributed by atoms with van der Waals surface area (Å²) in [5, 5.41) is 4.00. The van der Waals surface area contributed by atoms with E-state index in [-0.39, 0.29) is 5.91 Å². The van der Waals surface area contributed by atoms with Crippen LogP contribution in [0.4, 0.5) is 0 Å². The molecule has 0 unspecified atom stereocenters. The van der Waals surface area contributed by atoms with E-state index in [1.54, 1.807) is 20.4 Å². The first-order valence-corrected chi connectivity index (χ1v) is 8.75. The largest absolute Gasteiger partial charge is 0.493 e. The highest BCUT2D eigenvalue weighted by Crippen LogP contribution is 2.29. The van der Waals surface area contributed by atoms with Crippen molar-refractivity contribution in [2.45, 2.75) is 58.3 Å². The maximum absolute atomic E-state index is 11.8. The molecule has 1 N–H and O–H groups in total. The molecular formula is C19H30N2O3. The quantitative estimate of drug-likeness (QED) is 0.352. The Labute approximate surface area is 145 Å². The van der Waals surface area contributed by atoms with E-state index in [4.69, 9.17) is 9.47 Å². The summed E-state index contributed by atoms with van der Waals surface area (Å²) in [6, 6.07) is 5.52. The van der Waals surface area contributed by atoms with E-state index in [0.29, 0.717) is 17.9 Å². The maximum atomic E-state index is 11.8. The van der Waals surface area contributed by atoms with Crippen molar-refractivity contribution in [2.24, 2.45) is 5.10 Å². The van der Waals surface area contributed by atoms with E-state index in [9.17, 15) is 4.79 Å². The molecule has 1 aromatic carbocycles. The average molecular weight is 334 g/mol. The number of hydrogen-bond acceptors (Lipinski definition) is 4. The number of para-hydroxylation sites is 1. The number of ether oxygens (including phenoxy) is 2. The molecule has 1 amide bonds. The van der Waals surface area contributed by atoms with Crippen molar-refractivity contribution in [3.8, 4) is 11.5 Å². The van der Waals surface area contributed by atoms with Gasteiger partial charge in [0.15, 0.2) is 11.5 Å². The van der Waals surface area contributed by atoms with Crippen molar-refractivity contribution < 1.29 is 14.3 Å². The Balaban J connectivity index is 2.30. The van der Waals surface area contributed by atoms with Crippen molar-refractivity contribution in [3.63, 3.8) is 0 Å². The summed E-state index contributed by atoms with van der Waals surface area (Å²) in [5.74, 6) is 1.18. The fraction of sp³-hybridized carbons (Fsp3) is 0.579. The molecule has 0 spiro atoms. The Morgan fingerprint density at radius 2 is 1.79 bits per heavy atom. The molecule has 134 valence electrons. The van der Waals surface area contributed by atoms with Crippen LogP contribution in [0.2, 0.25) is 0 Å². The predicted octanol–water partition coefficient (Wildman–Crippen LogP) is 4.29. The summed E-state index contributed by atoms with van der Waals surface area (Å²) in [5.41, 5.74) is 3.32. The lowest BCUT2D eigenvalue weighted by Gasteiger charge is -2.09. The molecular weight excluding hydrogens is 304 g/mol. The van der Waals surface area contributed by atoms with Crippen molar-refractivity contribution in [1.29, 1.82) is 0 Å². The number of hydrazone groups is 1. The van der Waals surface area contributed by atoms with E-state index in [2.05, 4.69) is 17.5 Å². The number of carbonyl (C=O) groups is 1. The Morgan fingerprint density at radius 1 is 1.08 bits per heavy atom. The Morgan fingerprint density at radius 3 is 2.46 bits per heavy atom. The lowest BCUT2D eigenvalue weighted by molar-refractivity contribution is -0.121. The van der Waals surface area contributed by atoms with Crippen molar-refractivity contribution in [1.82, 2.24) is 5.43 Å². The first-order valence-electron chi connectivity index (χ1n) is 8.75. The summed E-state index contributed by atoms with van der Waals surface area (Å²) < 4.78 is 10.5. The summed E-state index contributed by atoms with van der Waals surface area (Å²) in [7, 11) is 3.16. The van der Waals surface area contributed by atoms with Crippen LogP contribution in [0, 0.1) is 0 Å². The second-order valence-corrected chi connectivity index (χ2v) is 5.75. The molecule has 0 radical (unpaired) electrons. The number of unbranched alkanes of at least 4 members (excludes halogenated alkanes) is 6. The number of nitrogens with zero attached hydrogens (tertiary/aromatic N) is 1. The molecule has 5 nitrogen and oxygen atoms in total. The van der Waals surface area contributed by atoms with Crippen molar-refractivity contribution in [2.75, 3.05) is 14.2 Å². The fourth-order valence-electron chi connectivity index (χ4n) is 2.49. The minimum atomic E-state index is -0.0540. The number of amides is 1. The third-order valence-electron chi connectivity index (χ3n) is 3.83. The summed E-state index contributed by atoms with van der Waals surface area (Å²) in [6.07, 6.45) is 10.4. The van der Waals surface area contributed by atoms with Gasteiger partial charge in [-0.2, -0.15) is 5.10 Å². The lowest BCUT2D eigenvalue weighted by Crippen LogP contribution is -2.17. The van der Waals surface area contributed by atoms with E-state index in [0.717, 1.165) is 18.4 Å². The van der Waals surface area contributed by atoms with Gasteiger partial charge in [0.1, 0.15) is 0 Å². The number of hydrogen-bond donors (Lipinski definition) is 1. The van der Waals surface area contributed by atoms with Crippen LogP contribution >= 0.6 is 0 Å². The topological polar surface area (TPSA) is 59.9 Å². The zero-order valence-corrected chi connectivity index (χ0v) is 15.1. The van der Waals surface area contributed by atoms with Gasteiger partial charge >= 0.3 is 0 Å². The second-order valence-electron chi connectivity index (χ2n) is 5.75. The average Bonchev–Trinajstić information content (AvgIpc) is 2.60. The molecule has 0 heterocycles. The van der Waals surface area contributed by atoms with Gasteiger partial charge in [0.05, 0.1) is 20.4 Å². The Hall–Kier alpha value is -2.04. The molecule has 0 aromatic heterocycles. The van der Waals surface area contributed by atoms with Crippen molar-refractivity contribution >= 4 is 12.1 Å². The SMILES string of the molecule is CCCCCCCCCC(=O)N/N=C/c1cccc(OC)c1OC. The van der Waals surface area contributed by atoms with Crippen LogP contribution in [0.5, 0.6) is 11.5 Å².